The second-order valence-corrected chi connectivity index (χ2v) is 4.03. The Labute approximate surface area is 110 Å². The van der Waals surface area contributed by atoms with Crippen LogP contribution in [0.15, 0.2) is 29.4 Å². The van der Waals surface area contributed by atoms with Crippen LogP contribution in [-0.4, -0.2) is 28.3 Å². The number of hydrogen-bond donors (Lipinski definition) is 2. The first-order valence-corrected chi connectivity index (χ1v) is 5.73. The summed E-state index contributed by atoms with van der Waals surface area (Å²) in [7, 11) is 0. The van der Waals surface area contributed by atoms with Crippen molar-refractivity contribution in [3.05, 3.63) is 39.9 Å². The van der Waals surface area contributed by atoms with Gasteiger partial charge in [-0.25, -0.2) is 5.43 Å². The van der Waals surface area contributed by atoms with Gasteiger partial charge in [0.1, 0.15) is 0 Å². The number of rotatable bonds is 6. The van der Waals surface area contributed by atoms with E-state index in [0.717, 1.165) is 0 Å². The Bertz CT molecular complexity index is 486. The van der Waals surface area contributed by atoms with Gasteiger partial charge in [0, 0.05) is 24.1 Å². The topological polar surface area (TPSA) is 105 Å². The van der Waals surface area contributed by atoms with Crippen LogP contribution in [0.2, 0.25) is 0 Å². The Morgan fingerprint density at radius 1 is 1.63 bits per heavy atom. The lowest BCUT2D eigenvalue weighted by molar-refractivity contribution is -0.384. The average molecular weight is 265 g/mol. The molecule has 7 heteroatoms. The van der Waals surface area contributed by atoms with Gasteiger partial charge in [-0.2, -0.15) is 5.10 Å². The van der Waals surface area contributed by atoms with E-state index in [9.17, 15) is 14.9 Å². The lowest BCUT2D eigenvalue weighted by Gasteiger charge is -2.02. The number of nitro groups is 1. The van der Waals surface area contributed by atoms with Gasteiger partial charge < -0.3 is 5.11 Å². The van der Waals surface area contributed by atoms with Crippen molar-refractivity contribution in [2.75, 3.05) is 0 Å². The molecular formula is C12H15N3O4. The van der Waals surface area contributed by atoms with Crippen molar-refractivity contribution >= 4 is 17.8 Å². The van der Waals surface area contributed by atoms with Crippen molar-refractivity contribution in [1.82, 2.24) is 5.43 Å². The molecule has 0 aliphatic heterocycles. The molecule has 1 aromatic carbocycles. The van der Waals surface area contributed by atoms with Crippen LogP contribution in [0.25, 0.3) is 0 Å². The number of non-ortho nitro benzene ring substituents is 1. The first-order chi connectivity index (χ1) is 8.99. The zero-order valence-electron chi connectivity index (χ0n) is 10.4. The fourth-order valence-corrected chi connectivity index (χ4v) is 1.29. The first-order valence-electron chi connectivity index (χ1n) is 5.73. The number of benzene rings is 1. The molecular weight excluding hydrogens is 250 g/mol. The van der Waals surface area contributed by atoms with Crippen LogP contribution in [0.3, 0.4) is 0 Å². The van der Waals surface area contributed by atoms with Gasteiger partial charge in [-0.15, -0.1) is 0 Å². The largest absolute Gasteiger partial charge is 0.393 e. The van der Waals surface area contributed by atoms with Crippen molar-refractivity contribution in [2.24, 2.45) is 5.10 Å². The fraction of sp³-hybridized carbons (Fsp3) is 0.333. The summed E-state index contributed by atoms with van der Waals surface area (Å²) in [5, 5.41) is 23.2. The standard InChI is InChI=1S/C12H15N3O4/c1-9(16)5-6-12(17)14-13-8-10-3-2-4-11(7-10)15(18)19/h2-4,7-9,16H,5-6H2,1H3,(H,14,17)/b13-8+. The quantitative estimate of drug-likeness (QED) is 0.458. The SMILES string of the molecule is CC(O)CCC(=O)N/N=C/c1cccc([N+](=O)[O-])c1. The number of amides is 1. The zero-order valence-corrected chi connectivity index (χ0v) is 10.4. The smallest absolute Gasteiger partial charge is 0.270 e. The van der Waals surface area contributed by atoms with Crippen LogP contribution in [-0.2, 0) is 4.79 Å². The Balaban J connectivity index is 2.50. The van der Waals surface area contributed by atoms with E-state index in [-0.39, 0.29) is 18.0 Å². The molecule has 2 N–H and O–H groups in total. The van der Waals surface area contributed by atoms with Gasteiger partial charge >= 0.3 is 0 Å². The van der Waals surface area contributed by atoms with Gasteiger partial charge in [0.15, 0.2) is 0 Å². The van der Waals surface area contributed by atoms with Crippen molar-refractivity contribution in [3.8, 4) is 0 Å². The lowest BCUT2D eigenvalue weighted by Crippen LogP contribution is -2.18. The Morgan fingerprint density at radius 3 is 3.00 bits per heavy atom. The predicted molar refractivity (Wildman–Crippen MR) is 69.7 cm³/mol. The number of nitro benzene ring substituents is 1. The average Bonchev–Trinajstić information content (AvgIpc) is 2.36. The molecule has 1 atom stereocenters. The molecule has 0 spiro atoms. The number of aliphatic hydroxyl groups excluding tert-OH is 1. The van der Waals surface area contributed by atoms with E-state index in [1.165, 1.54) is 24.4 Å². The maximum Gasteiger partial charge on any atom is 0.270 e. The second kappa shape index (κ2) is 7.22. The van der Waals surface area contributed by atoms with Crippen LogP contribution in [0, 0.1) is 10.1 Å². The van der Waals surface area contributed by atoms with Gasteiger partial charge in [-0.1, -0.05) is 12.1 Å². The van der Waals surface area contributed by atoms with E-state index < -0.39 is 11.0 Å². The minimum Gasteiger partial charge on any atom is -0.393 e. The van der Waals surface area contributed by atoms with E-state index in [4.69, 9.17) is 5.11 Å². The van der Waals surface area contributed by atoms with E-state index >= 15 is 0 Å². The van der Waals surface area contributed by atoms with Crippen LogP contribution in [0.4, 0.5) is 5.69 Å². The van der Waals surface area contributed by atoms with Gasteiger partial charge in [0.25, 0.3) is 5.69 Å². The summed E-state index contributed by atoms with van der Waals surface area (Å²) in [6.07, 6.45) is 1.32. The number of carbonyl (C=O) groups is 1. The van der Waals surface area contributed by atoms with Crippen molar-refractivity contribution in [2.45, 2.75) is 25.9 Å². The first kappa shape index (κ1) is 14.8. The third kappa shape index (κ3) is 5.73. The molecule has 19 heavy (non-hydrogen) atoms. The maximum atomic E-state index is 11.3. The predicted octanol–water partition coefficient (Wildman–Crippen LogP) is 1.21. The van der Waals surface area contributed by atoms with Crippen molar-refractivity contribution in [3.63, 3.8) is 0 Å². The number of nitrogens with one attached hydrogen (secondary N) is 1. The van der Waals surface area contributed by atoms with Crippen molar-refractivity contribution in [1.29, 1.82) is 0 Å². The van der Waals surface area contributed by atoms with Crippen LogP contribution < -0.4 is 5.43 Å². The lowest BCUT2D eigenvalue weighted by atomic mass is 10.2. The molecule has 1 unspecified atom stereocenters. The number of hydrazone groups is 1. The fourth-order valence-electron chi connectivity index (χ4n) is 1.29. The molecule has 0 radical (unpaired) electrons. The summed E-state index contributed by atoms with van der Waals surface area (Å²) in [5.74, 6) is -0.317. The third-order valence-corrected chi connectivity index (χ3v) is 2.27. The second-order valence-electron chi connectivity index (χ2n) is 4.03. The summed E-state index contributed by atoms with van der Waals surface area (Å²) >= 11 is 0. The minimum absolute atomic E-state index is 0.0376. The highest BCUT2D eigenvalue weighted by Crippen LogP contribution is 2.11. The van der Waals surface area contributed by atoms with Crippen LogP contribution >= 0.6 is 0 Å². The monoisotopic (exact) mass is 265 g/mol. The highest BCUT2D eigenvalue weighted by Gasteiger charge is 2.04. The highest BCUT2D eigenvalue weighted by atomic mass is 16.6. The molecule has 0 fully saturated rings. The van der Waals surface area contributed by atoms with Gasteiger partial charge in [-0.3, -0.25) is 14.9 Å². The minimum atomic E-state index is -0.536. The maximum absolute atomic E-state index is 11.3. The summed E-state index contributed by atoms with van der Waals surface area (Å²) in [5.41, 5.74) is 2.77. The van der Waals surface area contributed by atoms with Crippen LogP contribution in [0.1, 0.15) is 25.3 Å². The summed E-state index contributed by atoms with van der Waals surface area (Å²) in [6.45, 7) is 1.60. The molecule has 102 valence electrons. The Hall–Kier alpha value is -2.28. The third-order valence-electron chi connectivity index (χ3n) is 2.27. The van der Waals surface area contributed by atoms with E-state index in [0.29, 0.717) is 12.0 Å². The van der Waals surface area contributed by atoms with Gasteiger partial charge in [-0.05, 0) is 13.3 Å². The van der Waals surface area contributed by atoms with E-state index in [1.807, 2.05) is 0 Å². The van der Waals surface area contributed by atoms with E-state index in [2.05, 4.69) is 10.5 Å². The number of aliphatic hydroxyl groups is 1. The highest BCUT2D eigenvalue weighted by molar-refractivity contribution is 5.83. The Kier molecular flexibility index (Phi) is 5.62. The summed E-state index contributed by atoms with van der Waals surface area (Å²) in [4.78, 5) is 21.3. The van der Waals surface area contributed by atoms with Gasteiger partial charge in [0.05, 0.1) is 17.2 Å². The molecule has 0 saturated carbocycles. The van der Waals surface area contributed by atoms with Crippen LogP contribution in [0.5, 0.6) is 0 Å². The number of nitrogens with zero attached hydrogens (tertiary/aromatic N) is 2. The van der Waals surface area contributed by atoms with E-state index in [1.54, 1.807) is 13.0 Å². The molecule has 1 rings (SSSR count). The summed E-state index contributed by atoms with van der Waals surface area (Å²) in [6, 6.07) is 5.90. The molecule has 0 aliphatic carbocycles. The molecule has 0 saturated heterocycles. The molecule has 7 nitrogen and oxygen atoms in total. The van der Waals surface area contributed by atoms with Gasteiger partial charge in [0.2, 0.25) is 5.91 Å². The normalized spacial score (nSPS) is 12.3. The molecule has 0 aliphatic rings. The molecule has 0 heterocycles. The summed E-state index contributed by atoms with van der Waals surface area (Å²) < 4.78 is 0. The molecule has 0 bridgehead atoms. The molecule has 1 aromatic rings. The number of carbonyl (C=O) groups excluding carboxylic acids is 1. The number of hydrogen-bond acceptors (Lipinski definition) is 5. The zero-order chi connectivity index (χ0) is 14.3. The molecule has 0 aromatic heterocycles. The van der Waals surface area contributed by atoms with Crippen molar-refractivity contribution < 1.29 is 14.8 Å². The molecule has 1 amide bonds. The Morgan fingerprint density at radius 2 is 2.37 bits per heavy atom.